The molecule has 2 heterocycles. The van der Waals surface area contributed by atoms with Gasteiger partial charge in [-0.1, -0.05) is 60.2 Å². The monoisotopic (exact) mass is 421 g/mol. The molecule has 0 aromatic heterocycles. The molecule has 0 saturated heterocycles. The van der Waals surface area contributed by atoms with Gasteiger partial charge in [-0.15, -0.1) is 0 Å². The first-order valence-electron chi connectivity index (χ1n) is 10.6. The summed E-state index contributed by atoms with van der Waals surface area (Å²) in [6, 6.07) is 17.4. The maximum Gasteiger partial charge on any atom is 0.326 e. The molecule has 0 aliphatic carbocycles. The quantitative estimate of drug-likeness (QED) is 0.503. The van der Waals surface area contributed by atoms with E-state index < -0.39 is 11.6 Å². The van der Waals surface area contributed by atoms with Crippen LogP contribution >= 0.6 is 0 Å². The van der Waals surface area contributed by atoms with Crippen molar-refractivity contribution >= 4 is 17.6 Å². The van der Waals surface area contributed by atoms with Gasteiger partial charge in [0.1, 0.15) is 12.6 Å². The predicted molar refractivity (Wildman–Crippen MR) is 116 cm³/mol. The minimum Gasteiger partial charge on any atom is -0.465 e. The fourth-order valence-electron chi connectivity index (χ4n) is 4.32. The van der Waals surface area contributed by atoms with Gasteiger partial charge in [0.15, 0.2) is 5.60 Å². The molecular weight excluding hydrogens is 394 g/mol. The number of benzene rings is 2. The number of hydrogen-bond donors (Lipinski definition) is 0. The number of para-hydroxylation sites is 1. The summed E-state index contributed by atoms with van der Waals surface area (Å²) in [5, 5.41) is 0. The normalized spacial score (nSPS) is 22.4. The summed E-state index contributed by atoms with van der Waals surface area (Å²) in [7, 11) is 0. The van der Waals surface area contributed by atoms with Gasteiger partial charge in [-0.25, -0.2) is 0 Å². The molecule has 0 saturated carbocycles. The molecule has 0 fully saturated rings. The highest BCUT2D eigenvalue weighted by Gasteiger charge is 2.54. The van der Waals surface area contributed by atoms with E-state index in [0.717, 1.165) is 16.7 Å². The minimum atomic E-state index is -1.15. The fraction of sp³-hybridized carbons (Fsp3) is 0.360. The van der Waals surface area contributed by atoms with Crippen molar-refractivity contribution in [1.82, 2.24) is 0 Å². The Labute approximate surface area is 182 Å². The van der Waals surface area contributed by atoms with Gasteiger partial charge < -0.3 is 14.2 Å². The highest BCUT2D eigenvalue weighted by Crippen LogP contribution is 2.48. The van der Waals surface area contributed by atoms with Crippen molar-refractivity contribution in [2.75, 3.05) is 24.7 Å². The summed E-state index contributed by atoms with van der Waals surface area (Å²) < 4.78 is 17.4. The molecule has 0 bridgehead atoms. The van der Waals surface area contributed by atoms with Gasteiger partial charge in [-0.05, 0) is 25.5 Å². The summed E-state index contributed by atoms with van der Waals surface area (Å²) >= 11 is 0. The first kappa shape index (κ1) is 21.3. The summed E-state index contributed by atoms with van der Waals surface area (Å²) in [6.45, 7) is 4.69. The van der Waals surface area contributed by atoms with E-state index in [1.165, 1.54) is 4.90 Å². The molecule has 1 amide bonds. The smallest absolute Gasteiger partial charge is 0.326 e. The van der Waals surface area contributed by atoms with Gasteiger partial charge in [-0.2, -0.15) is 0 Å². The lowest BCUT2D eigenvalue weighted by molar-refractivity contribution is -0.157. The van der Waals surface area contributed by atoms with Crippen LogP contribution in [0.1, 0.15) is 31.4 Å². The van der Waals surface area contributed by atoms with Crippen LogP contribution in [-0.4, -0.2) is 37.7 Å². The molecule has 2 aliphatic heterocycles. The minimum absolute atomic E-state index is 0.132. The fourth-order valence-corrected chi connectivity index (χ4v) is 4.32. The number of rotatable bonds is 7. The topological polar surface area (TPSA) is 65.1 Å². The second-order valence-corrected chi connectivity index (χ2v) is 7.89. The number of amides is 1. The highest BCUT2D eigenvalue weighted by molar-refractivity contribution is 6.09. The van der Waals surface area contributed by atoms with E-state index in [2.05, 4.69) is 0 Å². The first-order valence-corrected chi connectivity index (χ1v) is 10.6. The molecule has 2 unspecified atom stereocenters. The van der Waals surface area contributed by atoms with Crippen LogP contribution < -0.4 is 4.90 Å². The molecule has 6 nitrogen and oxygen atoms in total. The maximum atomic E-state index is 13.6. The Balaban J connectivity index is 1.55. The lowest BCUT2D eigenvalue weighted by Crippen LogP contribution is -2.48. The van der Waals surface area contributed by atoms with Crippen molar-refractivity contribution < 1.29 is 23.8 Å². The summed E-state index contributed by atoms with van der Waals surface area (Å²) in [6.07, 6.45) is 2.09. The Morgan fingerprint density at radius 2 is 1.90 bits per heavy atom. The van der Waals surface area contributed by atoms with Crippen LogP contribution in [-0.2, 0) is 36.0 Å². The maximum absolute atomic E-state index is 13.6. The first-order chi connectivity index (χ1) is 15.0. The third-order valence-corrected chi connectivity index (χ3v) is 5.56. The third-order valence-electron chi connectivity index (χ3n) is 5.56. The Kier molecular flexibility index (Phi) is 6.20. The van der Waals surface area contributed by atoms with Crippen molar-refractivity contribution in [3.8, 4) is 0 Å². The highest BCUT2D eigenvalue weighted by atomic mass is 16.6. The van der Waals surface area contributed by atoms with Crippen LogP contribution in [0.25, 0.3) is 0 Å². The van der Waals surface area contributed by atoms with Crippen LogP contribution in [0.2, 0.25) is 0 Å². The van der Waals surface area contributed by atoms with Crippen molar-refractivity contribution in [1.29, 1.82) is 0 Å². The molecule has 2 aliphatic rings. The Hall–Kier alpha value is -2.96. The average molecular weight is 421 g/mol. The van der Waals surface area contributed by atoms with E-state index in [-0.39, 0.29) is 25.2 Å². The van der Waals surface area contributed by atoms with E-state index in [1.807, 2.05) is 67.6 Å². The van der Waals surface area contributed by atoms with Gasteiger partial charge >= 0.3 is 5.97 Å². The van der Waals surface area contributed by atoms with Crippen molar-refractivity contribution in [3.05, 3.63) is 77.4 Å². The zero-order valence-corrected chi connectivity index (χ0v) is 17.9. The summed E-state index contributed by atoms with van der Waals surface area (Å²) in [5.41, 5.74) is 2.46. The van der Waals surface area contributed by atoms with Crippen LogP contribution in [0.15, 0.2) is 66.2 Å². The number of fused-ring (bicyclic) bond motifs is 2. The number of nitrogens with zero attached hydrogens (tertiary/aromatic N) is 1. The molecule has 6 heteroatoms. The van der Waals surface area contributed by atoms with Crippen molar-refractivity contribution in [2.24, 2.45) is 0 Å². The van der Waals surface area contributed by atoms with Gasteiger partial charge in [0.2, 0.25) is 0 Å². The average Bonchev–Trinajstić information content (AvgIpc) is 2.97. The number of ether oxygens (including phenoxy) is 3. The van der Waals surface area contributed by atoms with Crippen molar-refractivity contribution in [3.63, 3.8) is 0 Å². The van der Waals surface area contributed by atoms with E-state index in [9.17, 15) is 9.59 Å². The largest absolute Gasteiger partial charge is 0.465 e. The number of anilines is 1. The van der Waals surface area contributed by atoms with Crippen LogP contribution in [0.3, 0.4) is 0 Å². The molecule has 2 atom stereocenters. The SMILES string of the molecule is CCOC(=O)CN1C(=O)C2(CC(C)=CC(COCc3ccccc3)O2)c2ccccc21. The second kappa shape index (κ2) is 9.04. The molecule has 0 N–H and O–H groups in total. The molecule has 2 aromatic rings. The van der Waals surface area contributed by atoms with E-state index in [4.69, 9.17) is 14.2 Å². The van der Waals surface area contributed by atoms with Gasteiger partial charge in [0, 0.05) is 12.0 Å². The van der Waals surface area contributed by atoms with Crippen molar-refractivity contribution in [2.45, 2.75) is 38.6 Å². The van der Waals surface area contributed by atoms with E-state index in [0.29, 0.717) is 25.3 Å². The van der Waals surface area contributed by atoms with Crippen LogP contribution in [0.4, 0.5) is 5.69 Å². The Morgan fingerprint density at radius 1 is 1.16 bits per heavy atom. The molecule has 1 spiro atoms. The van der Waals surface area contributed by atoms with Gasteiger partial charge in [0.05, 0.1) is 25.5 Å². The second-order valence-electron chi connectivity index (χ2n) is 7.89. The zero-order chi connectivity index (χ0) is 21.8. The van der Waals surface area contributed by atoms with Crippen LogP contribution in [0, 0.1) is 0 Å². The lowest BCUT2D eigenvalue weighted by Gasteiger charge is -2.36. The van der Waals surface area contributed by atoms with E-state index in [1.54, 1.807) is 6.92 Å². The zero-order valence-electron chi connectivity index (χ0n) is 17.9. The summed E-state index contributed by atoms with van der Waals surface area (Å²) in [5.74, 6) is -0.671. The molecule has 4 rings (SSSR count). The predicted octanol–water partition coefficient (Wildman–Crippen LogP) is 3.74. The third kappa shape index (κ3) is 4.27. The standard InChI is InChI=1S/C25H27NO5/c1-3-30-23(27)15-26-22-12-8-7-11-21(22)25(24(26)28)14-18(2)13-20(31-25)17-29-16-19-9-5-4-6-10-19/h4-13,20H,3,14-17H2,1-2H3. The lowest BCUT2D eigenvalue weighted by atomic mass is 9.85. The summed E-state index contributed by atoms with van der Waals surface area (Å²) in [4.78, 5) is 27.2. The molecule has 2 aromatic carbocycles. The van der Waals surface area contributed by atoms with E-state index >= 15 is 0 Å². The number of carbonyl (C=O) groups excluding carboxylic acids is 2. The number of carbonyl (C=O) groups is 2. The Bertz CT molecular complexity index is 986. The number of esters is 1. The molecule has 31 heavy (non-hydrogen) atoms. The van der Waals surface area contributed by atoms with Crippen LogP contribution in [0.5, 0.6) is 0 Å². The molecule has 0 radical (unpaired) electrons. The van der Waals surface area contributed by atoms with Gasteiger partial charge in [-0.3, -0.25) is 14.5 Å². The van der Waals surface area contributed by atoms with Gasteiger partial charge in [0.25, 0.3) is 5.91 Å². The Morgan fingerprint density at radius 3 is 2.68 bits per heavy atom. The molecular formula is C25H27NO5. The molecule has 162 valence electrons. The number of hydrogen-bond acceptors (Lipinski definition) is 5.